The smallest absolute Gasteiger partial charge is 0.315 e. The van der Waals surface area contributed by atoms with E-state index in [4.69, 9.17) is 9.52 Å². The first kappa shape index (κ1) is 13.5. The Kier molecular flexibility index (Phi) is 4.43. The van der Waals surface area contributed by atoms with E-state index in [1.807, 2.05) is 0 Å². The first-order valence-electron chi connectivity index (χ1n) is 6.43. The molecule has 2 rings (SSSR count). The fraction of sp³-hybridized carbons (Fsp3) is 0.538. The summed E-state index contributed by atoms with van der Waals surface area (Å²) >= 11 is 0. The monoisotopic (exact) mass is 266 g/mol. The van der Waals surface area contributed by atoms with E-state index in [2.05, 4.69) is 10.6 Å². The molecule has 1 fully saturated rings. The fourth-order valence-corrected chi connectivity index (χ4v) is 2.36. The van der Waals surface area contributed by atoms with E-state index in [-0.39, 0.29) is 18.0 Å². The van der Waals surface area contributed by atoms with Crippen LogP contribution in [0.5, 0.6) is 0 Å². The molecule has 1 aliphatic rings. The standard InChI is InChI=1S/C13H18N2O4/c16-12(17)10-2-1-3-11(6-10)15-13(18)14-7-9-4-5-19-8-9/h4-5,8,10-11H,1-3,6-7H2,(H,16,17)(H2,14,15,18). The van der Waals surface area contributed by atoms with Gasteiger partial charge in [-0.2, -0.15) is 0 Å². The molecule has 0 radical (unpaired) electrons. The van der Waals surface area contributed by atoms with Crippen LogP contribution < -0.4 is 10.6 Å². The second kappa shape index (κ2) is 6.26. The molecule has 1 aliphatic carbocycles. The Morgan fingerprint density at radius 2 is 2.26 bits per heavy atom. The summed E-state index contributed by atoms with van der Waals surface area (Å²) in [5.41, 5.74) is 0.891. The first-order valence-corrected chi connectivity index (χ1v) is 6.43. The lowest BCUT2D eigenvalue weighted by molar-refractivity contribution is -0.143. The molecule has 6 nitrogen and oxygen atoms in total. The van der Waals surface area contributed by atoms with Crippen molar-refractivity contribution in [1.29, 1.82) is 0 Å². The Morgan fingerprint density at radius 1 is 1.42 bits per heavy atom. The highest BCUT2D eigenvalue weighted by molar-refractivity contribution is 5.74. The minimum Gasteiger partial charge on any atom is -0.481 e. The molecular formula is C13H18N2O4. The second-order valence-corrected chi connectivity index (χ2v) is 4.86. The van der Waals surface area contributed by atoms with Gasteiger partial charge in [0.1, 0.15) is 0 Å². The summed E-state index contributed by atoms with van der Waals surface area (Å²) < 4.78 is 4.90. The summed E-state index contributed by atoms with van der Waals surface area (Å²) in [5, 5.41) is 14.5. The van der Waals surface area contributed by atoms with Crippen LogP contribution in [0.25, 0.3) is 0 Å². The lowest BCUT2D eigenvalue weighted by Crippen LogP contribution is -2.44. The number of rotatable bonds is 4. The first-order chi connectivity index (χ1) is 9.15. The number of hydrogen-bond donors (Lipinski definition) is 3. The highest BCUT2D eigenvalue weighted by Gasteiger charge is 2.27. The average Bonchev–Trinajstić information content (AvgIpc) is 2.90. The fourth-order valence-electron chi connectivity index (χ4n) is 2.36. The molecule has 0 bridgehead atoms. The lowest BCUT2D eigenvalue weighted by atomic mass is 9.86. The highest BCUT2D eigenvalue weighted by atomic mass is 16.4. The van der Waals surface area contributed by atoms with Crippen LogP contribution in [-0.2, 0) is 11.3 Å². The SMILES string of the molecule is O=C(NCc1ccoc1)NC1CCCC(C(=O)O)C1. The Morgan fingerprint density at radius 3 is 2.95 bits per heavy atom. The maximum atomic E-state index is 11.7. The molecule has 0 spiro atoms. The Hall–Kier alpha value is -1.98. The third-order valence-electron chi connectivity index (χ3n) is 3.39. The van der Waals surface area contributed by atoms with Crippen LogP contribution in [0.1, 0.15) is 31.2 Å². The Bertz CT molecular complexity index is 430. The highest BCUT2D eigenvalue weighted by Crippen LogP contribution is 2.24. The topological polar surface area (TPSA) is 91.6 Å². The van der Waals surface area contributed by atoms with Crippen molar-refractivity contribution >= 4 is 12.0 Å². The van der Waals surface area contributed by atoms with Crippen molar-refractivity contribution in [1.82, 2.24) is 10.6 Å². The lowest BCUT2D eigenvalue weighted by Gasteiger charge is -2.27. The number of furan rings is 1. The quantitative estimate of drug-likeness (QED) is 0.773. The average molecular weight is 266 g/mol. The molecule has 1 aromatic heterocycles. The van der Waals surface area contributed by atoms with Crippen molar-refractivity contribution in [3.8, 4) is 0 Å². The van der Waals surface area contributed by atoms with Gasteiger partial charge in [-0.05, 0) is 25.3 Å². The summed E-state index contributed by atoms with van der Waals surface area (Å²) in [6.07, 6.45) is 6.00. The molecule has 2 atom stereocenters. The molecule has 2 unspecified atom stereocenters. The summed E-state index contributed by atoms with van der Waals surface area (Å²) in [4.78, 5) is 22.6. The van der Waals surface area contributed by atoms with E-state index in [9.17, 15) is 9.59 Å². The van der Waals surface area contributed by atoms with Gasteiger partial charge < -0.3 is 20.2 Å². The molecule has 19 heavy (non-hydrogen) atoms. The van der Waals surface area contributed by atoms with Crippen molar-refractivity contribution in [2.75, 3.05) is 0 Å². The van der Waals surface area contributed by atoms with Crippen LogP contribution in [0.15, 0.2) is 23.0 Å². The molecule has 1 heterocycles. The number of urea groups is 1. The van der Waals surface area contributed by atoms with Crippen LogP contribution >= 0.6 is 0 Å². The third-order valence-corrected chi connectivity index (χ3v) is 3.39. The maximum Gasteiger partial charge on any atom is 0.315 e. The van der Waals surface area contributed by atoms with Crippen LogP contribution in [0, 0.1) is 5.92 Å². The molecular weight excluding hydrogens is 248 g/mol. The normalized spacial score (nSPS) is 22.7. The van der Waals surface area contributed by atoms with Crippen LogP contribution in [-0.4, -0.2) is 23.1 Å². The number of hydrogen-bond acceptors (Lipinski definition) is 3. The van der Waals surface area contributed by atoms with Crippen LogP contribution in [0.4, 0.5) is 4.79 Å². The van der Waals surface area contributed by atoms with Gasteiger partial charge >= 0.3 is 12.0 Å². The van der Waals surface area contributed by atoms with Crippen molar-refractivity contribution in [3.63, 3.8) is 0 Å². The van der Waals surface area contributed by atoms with Gasteiger partial charge in [-0.3, -0.25) is 4.79 Å². The van der Waals surface area contributed by atoms with Crippen molar-refractivity contribution < 1.29 is 19.1 Å². The van der Waals surface area contributed by atoms with Gasteiger partial charge in [0, 0.05) is 18.2 Å². The number of amides is 2. The van der Waals surface area contributed by atoms with Gasteiger partial charge in [0.2, 0.25) is 0 Å². The molecule has 2 amide bonds. The van der Waals surface area contributed by atoms with Gasteiger partial charge in [0.15, 0.2) is 0 Å². The molecule has 0 aliphatic heterocycles. The maximum absolute atomic E-state index is 11.7. The largest absolute Gasteiger partial charge is 0.481 e. The Labute approximate surface area is 111 Å². The van der Waals surface area contributed by atoms with Crippen molar-refractivity contribution in [3.05, 3.63) is 24.2 Å². The van der Waals surface area contributed by atoms with Crippen LogP contribution in [0.2, 0.25) is 0 Å². The predicted molar refractivity (Wildman–Crippen MR) is 67.5 cm³/mol. The second-order valence-electron chi connectivity index (χ2n) is 4.86. The zero-order valence-electron chi connectivity index (χ0n) is 10.6. The van der Waals surface area contributed by atoms with E-state index < -0.39 is 5.97 Å². The van der Waals surface area contributed by atoms with E-state index in [0.717, 1.165) is 18.4 Å². The number of carbonyl (C=O) groups excluding carboxylic acids is 1. The summed E-state index contributed by atoms with van der Waals surface area (Å²) in [5.74, 6) is -1.11. The van der Waals surface area contributed by atoms with Gasteiger partial charge in [-0.15, -0.1) is 0 Å². The predicted octanol–water partition coefficient (Wildman–Crippen LogP) is 1.72. The minimum atomic E-state index is -0.773. The van der Waals surface area contributed by atoms with E-state index in [0.29, 0.717) is 19.4 Å². The molecule has 104 valence electrons. The minimum absolute atomic E-state index is 0.0563. The van der Waals surface area contributed by atoms with Gasteiger partial charge in [0.25, 0.3) is 0 Å². The third kappa shape index (κ3) is 4.01. The molecule has 1 aromatic rings. The molecule has 0 aromatic carbocycles. The number of aliphatic carboxylic acids is 1. The van der Waals surface area contributed by atoms with E-state index in [1.54, 1.807) is 18.6 Å². The van der Waals surface area contributed by atoms with Gasteiger partial charge in [0.05, 0.1) is 18.4 Å². The molecule has 0 saturated heterocycles. The molecule has 3 N–H and O–H groups in total. The zero-order valence-corrected chi connectivity index (χ0v) is 10.6. The van der Waals surface area contributed by atoms with E-state index >= 15 is 0 Å². The zero-order chi connectivity index (χ0) is 13.7. The van der Waals surface area contributed by atoms with Crippen molar-refractivity contribution in [2.45, 2.75) is 38.3 Å². The number of carboxylic acids is 1. The summed E-state index contributed by atoms with van der Waals surface area (Å²) in [6, 6.07) is 1.46. The summed E-state index contributed by atoms with van der Waals surface area (Å²) in [6.45, 7) is 0.400. The van der Waals surface area contributed by atoms with Crippen molar-refractivity contribution in [2.24, 2.45) is 5.92 Å². The summed E-state index contributed by atoms with van der Waals surface area (Å²) in [7, 11) is 0. The van der Waals surface area contributed by atoms with Gasteiger partial charge in [-0.1, -0.05) is 6.42 Å². The number of nitrogens with one attached hydrogen (secondary N) is 2. The molecule has 1 saturated carbocycles. The molecule has 6 heteroatoms. The Balaban J connectivity index is 1.74. The van der Waals surface area contributed by atoms with Gasteiger partial charge in [-0.25, -0.2) is 4.79 Å². The number of carbonyl (C=O) groups is 2. The number of carboxylic acid groups (broad SMARTS) is 1. The van der Waals surface area contributed by atoms with E-state index in [1.165, 1.54) is 0 Å². The van der Waals surface area contributed by atoms with Crippen LogP contribution in [0.3, 0.4) is 0 Å².